The summed E-state index contributed by atoms with van der Waals surface area (Å²) in [5, 5.41) is 12.4. The van der Waals surface area contributed by atoms with Crippen molar-refractivity contribution in [2.24, 2.45) is 10.9 Å². The van der Waals surface area contributed by atoms with Gasteiger partial charge in [-0.25, -0.2) is 0 Å². The number of amidine groups is 1. The zero-order valence-electron chi connectivity index (χ0n) is 11.8. The predicted molar refractivity (Wildman–Crippen MR) is 82.3 cm³/mol. The maximum atomic E-state index is 8.68. The largest absolute Gasteiger partial charge is 0.409 e. The zero-order valence-corrected chi connectivity index (χ0v) is 12.6. The van der Waals surface area contributed by atoms with Crippen LogP contribution >= 0.6 is 11.6 Å². The summed E-state index contributed by atoms with van der Waals surface area (Å²) in [6, 6.07) is 6.30. The van der Waals surface area contributed by atoms with Crippen LogP contribution in [0.15, 0.2) is 23.4 Å². The van der Waals surface area contributed by atoms with Crippen LogP contribution in [0, 0.1) is 0 Å². The summed E-state index contributed by atoms with van der Waals surface area (Å²) in [6.07, 6.45) is 5.02. The first-order valence-corrected chi connectivity index (χ1v) is 7.54. The van der Waals surface area contributed by atoms with E-state index in [0.717, 1.165) is 24.7 Å². The number of nitrogens with two attached hydrogens (primary N) is 1. The lowest BCUT2D eigenvalue weighted by Gasteiger charge is -2.22. The lowest BCUT2D eigenvalue weighted by atomic mass is 10.1. The van der Waals surface area contributed by atoms with Crippen LogP contribution in [0.5, 0.6) is 0 Å². The molecule has 1 aliphatic carbocycles. The van der Waals surface area contributed by atoms with Gasteiger partial charge in [0.15, 0.2) is 5.84 Å². The van der Waals surface area contributed by atoms with Crippen molar-refractivity contribution in [2.45, 2.75) is 45.2 Å². The minimum Gasteiger partial charge on any atom is -0.409 e. The van der Waals surface area contributed by atoms with Gasteiger partial charge in [-0.15, -0.1) is 0 Å². The van der Waals surface area contributed by atoms with Gasteiger partial charge in [-0.05, 0) is 37.4 Å². The molecule has 0 atom stereocenters. The van der Waals surface area contributed by atoms with E-state index in [1.807, 2.05) is 12.1 Å². The number of hydrogen-bond acceptors (Lipinski definition) is 3. The maximum Gasteiger partial charge on any atom is 0.170 e. The highest BCUT2D eigenvalue weighted by atomic mass is 35.5. The molecule has 0 bridgehead atoms. The van der Waals surface area contributed by atoms with Gasteiger partial charge >= 0.3 is 0 Å². The van der Waals surface area contributed by atoms with E-state index < -0.39 is 0 Å². The monoisotopic (exact) mass is 295 g/mol. The first kappa shape index (κ1) is 15.1. The van der Waals surface area contributed by atoms with Crippen molar-refractivity contribution < 1.29 is 5.21 Å². The van der Waals surface area contributed by atoms with E-state index in [9.17, 15) is 0 Å². The van der Waals surface area contributed by atoms with Crippen LogP contribution < -0.4 is 5.73 Å². The molecule has 1 aromatic carbocycles. The Labute approximate surface area is 125 Å². The number of nitrogens with zero attached hydrogens (tertiary/aromatic N) is 2. The lowest BCUT2D eigenvalue weighted by Crippen LogP contribution is -2.26. The minimum absolute atomic E-state index is 0.0866. The van der Waals surface area contributed by atoms with E-state index in [2.05, 4.69) is 17.0 Å². The minimum atomic E-state index is 0.0866. The lowest BCUT2D eigenvalue weighted by molar-refractivity contribution is 0.251. The van der Waals surface area contributed by atoms with Gasteiger partial charge in [-0.1, -0.05) is 42.2 Å². The van der Waals surface area contributed by atoms with Gasteiger partial charge in [0.2, 0.25) is 0 Å². The standard InChI is InChI=1S/C15H22ClN3O/c1-2-3-8-19(13-6-7-13)10-12-5-4-11(9-14(12)16)15(17)18-20/h4-5,9,13,20H,2-3,6-8,10H2,1H3,(H2,17,18). The highest BCUT2D eigenvalue weighted by Crippen LogP contribution is 2.30. The summed E-state index contributed by atoms with van der Waals surface area (Å²) in [5.41, 5.74) is 7.32. The van der Waals surface area contributed by atoms with Crippen LogP contribution in [-0.2, 0) is 6.54 Å². The molecule has 5 heteroatoms. The highest BCUT2D eigenvalue weighted by molar-refractivity contribution is 6.31. The van der Waals surface area contributed by atoms with E-state index in [1.54, 1.807) is 6.07 Å². The van der Waals surface area contributed by atoms with Gasteiger partial charge in [0.25, 0.3) is 0 Å². The molecule has 2 rings (SSSR count). The fourth-order valence-electron chi connectivity index (χ4n) is 2.30. The van der Waals surface area contributed by atoms with Crippen LogP contribution in [0.2, 0.25) is 5.02 Å². The average molecular weight is 296 g/mol. The molecular formula is C15H22ClN3O. The third-order valence-electron chi connectivity index (χ3n) is 3.69. The molecule has 0 unspecified atom stereocenters. The highest BCUT2D eigenvalue weighted by Gasteiger charge is 2.28. The van der Waals surface area contributed by atoms with Crippen LogP contribution in [0.1, 0.15) is 43.7 Å². The summed E-state index contributed by atoms with van der Waals surface area (Å²) in [6.45, 7) is 4.21. The Hall–Kier alpha value is -1.26. The van der Waals surface area contributed by atoms with E-state index >= 15 is 0 Å². The first-order valence-electron chi connectivity index (χ1n) is 7.16. The molecule has 0 aromatic heterocycles. The third kappa shape index (κ3) is 3.87. The Kier molecular flexibility index (Phi) is 5.26. The van der Waals surface area contributed by atoms with Crippen molar-refractivity contribution in [3.8, 4) is 0 Å². The molecule has 20 heavy (non-hydrogen) atoms. The molecule has 110 valence electrons. The molecule has 4 nitrogen and oxygen atoms in total. The second kappa shape index (κ2) is 6.95. The van der Waals surface area contributed by atoms with E-state index in [4.69, 9.17) is 22.5 Å². The topological polar surface area (TPSA) is 61.8 Å². The van der Waals surface area contributed by atoms with Gasteiger partial charge in [0, 0.05) is 23.2 Å². The molecule has 0 saturated heterocycles. The van der Waals surface area contributed by atoms with Crippen LogP contribution in [0.4, 0.5) is 0 Å². The Morgan fingerprint density at radius 1 is 1.50 bits per heavy atom. The van der Waals surface area contributed by atoms with Gasteiger partial charge in [0.1, 0.15) is 0 Å². The summed E-state index contributed by atoms with van der Waals surface area (Å²) < 4.78 is 0. The number of benzene rings is 1. The molecule has 0 heterocycles. The second-order valence-electron chi connectivity index (χ2n) is 5.35. The normalized spacial score (nSPS) is 15.8. The van der Waals surface area contributed by atoms with Crippen molar-refractivity contribution in [1.82, 2.24) is 4.90 Å². The molecular weight excluding hydrogens is 274 g/mol. The number of unbranched alkanes of at least 4 members (excludes halogenated alkanes) is 1. The fraction of sp³-hybridized carbons (Fsp3) is 0.533. The molecule has 1 fully saturated rings. The average Bonchev–Trinajstić information content (AvgIpc) is 3.28. The van der Waals surface area contributed by atoms with Gasteiger partial charge < -0.3 is 10.9 Å². The number of hydrogen-bond donors (Lipinski definition) is 2. The molecule has 0 amide bonds. The maximum absolute atomic E-state index is 8.68. The van der Waals surface area contributed by atoms with Crippen molar-refractivity contribution >= 4 is 17.4 Å². The Bertz CT molecular complexity index is 486. The number of rotatable bonds is 7. The van der Waals surface area contributed by atoms with Gasteiger partial charge in [-0.3, -0.25) is 4.90 Å². The smallest absolute Gasteiger partial charge is 0.170 e. The van der Waals surface area contributed by atoms with Crippen molar-refractivity contribution in [1.29, 1.82) is 0 Å². The van der Waals surface area contributed by atoms with Gasteiger partial charge in [0.05, 0.1) is 0 Å². The summed E-state index contributed by atoms with van der Waals surface area (Å²) in [4.78, 5) is 2.51. The van der Waals surface area contributed by atoms with Gasteiger partial charge in [-0.2, -0.15) is 0 Å². The van der Waals surface area contributed by atoms with Crippen LogP contribution in [-0.4, -0.2) is 28.5 Å². The van der Waals surface area contributed by atoms with Crippen LogP contribution in [0.25, 0.3) is 0 Å². The number of halogens is 1. The zero-order chi connectivity index (χ0) is 14.5. The predicted octanol–water partition coefficient (Wildman–Crippen LogP) is 3.20. The van der Waals surface area contributed by atoms with E-state index in [-0.39, 0.29) is 5.84 Å². The fourth-order valence-corrected chi connectivity index (χ4v) is 2.54. The SMILES string of the molecule is CCCCN(Cc1ccc(/C(N)=N/O)cc1Cl)C1CC1. The summed E-state index contributed by atoms with van der Waals surface area (Å²) in [5.74, 6) is 0.0866. The third-order valence-corrected chi connectivity index (χ3v) is 4.04. The Morgan fingerprint density at radius 3 is 2.80 bits per heavy atom. The second-order valence-corrected chi connectivity index (χ2v) is 5.75. The Balaban J connectivity index is 2.07. The van der Waals surface area contributed by atoms with E-state index in [1.165, 1.54) is 25.7 Å². The van der Waals surface area contributed by atoms with Crippen molar-refractivity contribution in [2.75, 3.05) is 6.54 Å². The molecule has 0 aliphatic heterocycles. The molecule has 1 aliphatic rings. The molecule has 0 spiro atoms. The van der Waals surface area contributed by atoms with E-state index in [0.29, 0.717) is 10.6 Å². The first-order chi connectivity index (χ1) is 9.65. The summed E-state index contributed by atoms with van der Waals surface area (Å²) in [7, 11) is 0. The molecule has 3 N–H and O–H groups in total. The quantitative estimate of drug-likeness (QED) is 0.351. The summed E-state index contributed by atoms with van der Waals surface area (Å²) >= 11 is 6.31. The number of oxime groups is 1. The van der Waals surface area contributed by atoms with Crippen LogP contribution in [0.3, 0.4) is 0 Å². The molecule has 1 aromatic rings. The molecule has 1 saturated carbocycles. The van der Waals surface area contributed by atoms with Crippen molar-refractivity contribution in [3.05, 3.63) is 34.3 Å². The molecule has 0 radical (unpaired) electrons. The Morgan fingerprint density at radius 2 is 2.25 bits per heavy atom. The van der Waals surface area contributed by atoms with Crippen molar-refractivity contribution in [3.63, 3.8) is 0 Å².